The summed E-state index contributed by atoms with van der Waals surface area (Å²) in [5.41, 5.74) is 1.11. The number of aromatic carboxylic acids is 1. The molecular weight excluding hydrogens is 234 g/mol. The minimum Gasteiger partial charge on any atom is -0.477 e. The van der Waals surface area contributed by atoms with Crippen molar-refractivity contribution in [3.8, 4) is 0 Å². The molecule has 0 aromatic carbocycles. The van der Waals surface area contributed by atoms with E-state index in [1.165, 1.54) is 24.2 Å². The number of thiazole rings is 1. The van der Waals surface area contributed by atoms with Crippen LogP contribution in [0.25, 0.3) is 0 Å². The highest BCUT2D eigenvalue weighted by Gasteiger charge is 2.30. The Morgan fingerprint density at radius 3 is 2.47 bits per heavy atom. The number of aromatic nitrogens is 1. The maximum atomic E-state index is 11.0. The average molecular weight is 253 g/mol. The predicted octanol–water partition coefficient (Wildman–Crippen LogP) is 3.83. The first-order chi connectivity index (χ1) is 7.89. The zero-order valence-corrected chi connectivity index (χ0v) is 11.4. The van der Waals surface area contributed by atoms with Crippen LogP contribution < -0.4 is 0 Å². The van der Waals surface area contributed by atoms with Crippen LogP contribution in [0.1, 0.15) is 65.8 Å². The van der Waals surface area contributed by atoms with Crippen LogP contribution in [-0.2, 0) is 0 Å². The molecule has 17 heavy (non-hydrogen) atoms. The SMILES string of the molecule is Cc1nc(C2CCC(C)(C)CC2)sc1C(=O)O. The molecule has 94 valence electrons. The Balaban J connectivity index is 2.14. The zero-order valence-electron chi connectivity index (χ0n) is 10.6. The third-order valence-corrected chi connectivity index (χ3v) is 5.00. The highest BCUT2D eigenvalue weighted by atomic mass is 32.1. The van der Waals surface area contributed by atoms with Crippen LogP contribution in [0.15, 0.2) is 0 Å². The van der Waals surface area contributed by atoms with E-state index in [4.69, 9.17) is 5.11 Å². The number of carboxylic acid groups (broad SMARTS) is 1. The quantitative estimate of drug-likeness (QED) is 0.871. The normalized spacial score (nSPS) is 20.4. The molecule has 0 atom stereocenters. The first-order valence-electron chi connectivity index (χ1n) is 6.10. The van der Waals surface area contributed by atoms with Crippen LogP contribution >= 0.6 is 11.3 Å². The van der Waals surface area contributed by atoms with Gasteiger partial charge in [0.15, 0.2) is 0 Å². The first kappa shape index (κ1) is 12.6. The molecule has 1 fully saturated rings. The van der Waals surface area contributed by atoms with Crippen molar-refractivity contribution in [1.29, 1.82) is 0 Å². The Hall–Kier alpha value is -0.900. The van der Waals surface area contributed by atoms with Crippen LogP contribution in [0.5, 0.6) is 0 Å². The highest BCUT2D eigenvalue weighted by Crippen LogP contribution is 2.43. The molecular formula is C13H19NO2S. The van der Waals surface area contributed by atoms with E-state index in [1.54, 1.807) is 6.92 Å². The Bertz CT molecular complexity index is 427. The van der Waals surface area contributed by atoms with Gasteiger partial charge in [0.1, 0.15) is 4.88 Å². The predicted molar refractivity (Wildman–Crippen MR) is 68.8 cm³/mol. The standard InChI is InChI=1S/C13H19NO2S/c1-8-10(12(15)16)17-11(14-8)9-4-6-13(2,3)7-5-9/h9H,4-7H2,1-3H3,(H,15,16). The maximum Gasteiger partial charge on any atom is 0.347 e. The molecule has 1 N–H and O–H groups in total. The largest absolute Gasteiger partial charge is 0.477 e. The van der Waals surface area contributed by atoms with Crippen molar-refractivity contribution in [2.75, 3.05) is 0 Å². The fourth-order valence-electron chi connectivity index (χ4n) is 2.44. The van der Waals surface area contributed by atoms with Gasteiger partial charge in [-0.25, -0.2) is 9.78 Å². The van der Waals surface area contributed by atoms with E-state index in [1.807, 2.05) is 0 Å². The monoisotopic (exact) mass is 253 g/mol. The molecule has 0 unspecified atom stereocenters. The number of hydrogen-bond donors (Lipinski definition) is 1. The molecule has 3 nitrogen and oxygen atoms in total. The molecule has 1 saturated carbocycles. The second-order valence-electron chi connectivity index (χ2n) is 5.71. The Kier molecular flexibility index (Phi) is 3.25. The third-order valence-electron chi connectivity index (χ3n) is 3.70. The van der Waals surface area contributed by atoms with Gasteiger partial charge in [-0.2, -0.15) is 0 Å². The summed E-state index contributed by atoms with van der Waals surface area (Å²) in [5, 5.41) is 10.1. The first-order valence-corrected chi connectivity index (χ1v) is 6.91. The van der Waals surface area contributed by atoms with E-state index in [-0.39, 0.29) is 0 Å². The Labute approximate surface area is 106 Å². The molecule has 1 aliphatic carbocycles. The van der Waals surface area contributed by atoms with E-state index >= 15 is 0 Å². The number of aryl methyl sites for hydroxylation is 1. The molecule has 0 bridgehead atoms. The number of nitrogens with zero attached hydrogens (tertiary/aromatic N) is 1. The number of carbonyl (C=O) groups is 1. The average Bonchev–Trinajstić information content (AvgIpc) is 2.60. The maximum absolute atomic E-state index is 11.0. The van der Waals surface area contributed by atoms with Crippen molar-refractivity contribution in [3.63, 3.8) is 0 Å². The lowest BCUT2D eigenvalue weighted by atomic mass is 9.73. The summed E-state index contributed by atoms with van der Waals surface area (Å²) >= 11 is 1.36. The van der Waals surface area contributed by atoms with Crippen molar-refractivity contribution in [3.05, 3.63) is 15.6 Å². The molecule has 0 amide bonds. The number of carboxylic acids is 1. The van der Waals surface area contributed by atoms with Gasteiger partial charge in [0.2, 0.25) is 0 Å². The summed E-state index contributed by atoms with van der Waals surface area (Å²) in [4.78, 5) is 15.8. The van der Waals surface area contributed by atoms with E-state index in [2.05, 4.69) is 18.8 Å². The molecule has 1 aliphatic rings. The van der Waals surface area contributed by atoms with Gasteiger partial charge in [-0.05, 0) is 38.0 Å². The summed E-state index contributed by atoms with van der Waals surface area (Å²) in [6.45, 7) is 6.40. The van der Waals surface area contributed by atoms with Crippen LogP contribution in [0.4, 0.5) is 0 Å². The van der Waals surface area contributed by atoms with Crippen LogP contribution in [0.2, 0.25) is 0 Å². The highest BCUT2D eigenvalue weighted by molar-refractivity contribution is 7.13. The van der Waals surface area contributed by atoms with Gasteiger partial charge >= 0.3 is 5.97 Å². The smallest absolute Gasteiger partial charge is 0.347 e. The second kappa shape index (κ2) is 4.41. The molecule has 0 radical (unpaired) electrons. The molecule has 0 aliphatic heterocycles. The van der Waals surface area contributed by atoms with E-state index < -0.39 is 5.97 Å². The fourth-order valence-corrected chi connectivity index (χ4v) is 3.51. The summed E-state index contributed by atoms with van der Waals surface area (Å²) in [5.74, 6) is -0.373. The Morgan fingerprint density at radius 1 is 1.41 bits per heavy atom. The lowest BCUT2D eigenvalue weighted by molar-refractivity contribution is 0.0701. The molecule has 4 heteroatoms. The summed E-state index contributed by atoms with van der Waals surface area (Å²) in [6, 6.07) is 0. The molecule has 0 spiro atoms. The minimum atomic E-state index is -0.845. The molecule has 2 rings (SSSR count). The molecule has 0 saturated heterocycles. The Morgan fingerprint density at radius 2 is 2.00 bits per heavy atom. The molecule has 1 heterocycles. The van der Waals surface area contributed by atoms with Crippen LogP contribution in [0, 0.1) is 12.3 Å². The van der Waals surface area contributed by atoms with E-state index in [9.17, 15) is 4.79 Å². The number of hydrogen-bond acceptors (Lipinski definition) is 3. The van der Waals surface area contributed by atoms with Crippen molar-refractivity contribution in [2.24, 2.45) is 5.41 Å². The van der Waals surface area contributed by atoms with E-state index in [0.29, 0.717) is 21.9 Å². The summed E-state index contributed by atoms with van der Waals surface area (Å²) < 4.78 is 0. The summed E-state index contributed by atoms with van der Waals surface area (Å²) in [6.07, 6.45) is 4.69. The van der Waals surface area contributed by atoms with Crippen molar-refractivity contribution < 1.29 is 9.90 Å². The van der Waals surface area contributed by atoms with Gasteiger partial charge in [0.05, 0.1) is 10.7 Å². The number of rotatable bonds is 2. The minimum absolute atomic E-state index is 0.407. The van der Waals surface area contributed by atoms with Crippen molar-refractivity contribution >= 4 is 17.3 Å². The third kappa shape index (κ3) is 2.68. The van der Waals surface area contributed by atoms with E-state index in [0.717, 1.165) is 17.8 Å². The zero-order chi connectivity index (χ0) is 12.6. The van der Waals surface area contributed by atoms with Gasteiger partial charge in [0, 0.05) is 5.92 Å². The van der Waals surface area contributed by atoms with Gasteiger partial charge in [-0.15, -0.1) is 11.3 Å². The van der Waals surface area contributed by atoms with Crippen LogP contribution in [-0.4, -0.2) is 16.1 Å². The molecule has 1 aromatic heterocycles. The fraction of sp³-hybridized carbons (Fsp3) is 0.692. The lowest BCUT2D eigenvalue weighted by Gasteiger charge is -2.33. The topological polar surface area (TPSA) is 50.2 Å². The van der Waals surface area contributed by atoms with Crippen molar-refractivity contribution in [1.82, 2.24) is 4.98 Å². The lowest BCUT2D eigenvalue weighted by Crippen LogP contribution is -2.20. The molecule has 1 aromatic rings. The van der Waals surface area contributed by atoms with Gasteiger partial charge in [0.25, 0.3) is 0 Å². The summed E-state index contributed by atoms with van der Waals surface area (Å²) in [7, 11) is 0. The van der Waals surface area contributed by atoms with Gasteiger partial charge in [-0.1, -0.05) is 13.8 Å². The van der Waals surface area contributed by atoms with Gasteiger partial charge in [-0.3, -0.25) is 0 Å². The van der Waals surface area contributed by atoms with Crippen LogP contribution in [0.3, 0.4) is 0 Å². The second-order valence-corrected chi connectivity index (χ2v) is 6.74. The van der Waals surface area contributed by atoms with Crippen molar-refractivity contribution in [2.45, 2.75) is 52.4 Å². The van der Waals surface area contributed by atoms with Gasteiger partial charge < -0.3 is 5.11 Å².